The van der Waals surface area contributed by atoms with E-state index < -0.39 is 0 Å². The van der Waals surface area contributed by atoms with E-state index in [0.29, 0.717) is 12.0 Å². The molecule has 0 aromatic heterocycles. The number of rotatable bonds is 7. The van der Waals surface area contributed by atoms with Crippen LogP contribution >= 0.6 is 11.6 Å². The van der Waals surface area contributed by atoms with Gasteiger partial charge in [-0.05, 0) is 32.1 Å². The number of methoxy groups -OCH3 is 1. The number of nitrogens with zero attached hydrogens (tertiary/aromatic N) is 1. The van der Waals surface area contributed by atoms with Crippen LogP contribution in [0.15, 0.2) is 18.2 Å². The Bertz CT molecular complexity index is 394. The van der Waals surface area contributed by atoms with Gasteiger partial charge >= 0.3 is 0 Å². The predicted molar refractivity (Wildman–Crippen MR) is 82.0 cm³/mol. The second-order valence-corrected chi connectivity index (χ2v) is 5.82. The fraction of sp³-hybridized carbons (Fsp3) is 0.600. The largest absolute Gasteiger partial charge is 0.496 e. The van der Waals surface area contributed by atoms with Gasteiger partial charge in [0.15, 0.2) is 0 Å². The fourth-order valence-corrected chi connectivity index (χ4v) is 2.27. The lowest BCUT2D eigenvalue weighted by Gasteiger charge is -2.26. The number of benzene rings is 1. The van der Waals surface area contributed by atoms with Crippen LogP contribution in [0.2, 0.25) is 5.02 Å². The number of ether oxygens (including phenoxy) is 1. The molecule has 0 fully saturated rings. The van der Waals surface area contributed by atoms with E-state index in [4.69, 9.17) is 16.3 Å². The standard InChI is InChI=1S/C15H25ClN2O/c1-11(2)14(10-18(3)4)17-9-12-13(16)7-6-8-15(12)19-5/h6-8,11,14,17H,9-10H2,1-5H3. The molecule has 0 saturated heterocycles. The first kappa shape index (κ1) is 16.3. The Morgan fingerprint density at radius 3 is 2.53 bits per heavy atom. The highest BCUT2D eigenvalue weighted by Crippen LogP contribution is 2.26. The first-order valence-corrected chi connectivity index (χ1v) is 7.03. The van der Waals surface area contributed by atoms with Gasteiger partial charge in [0.1, 0.15) is 5.75 Å². The SMILES string of the molecule is COc1cccc(Cl)c1CNC(CN(C)C)C(C)C. The van der Waals surface area contributed by atoms with Gasteiger partial charge in [0.05, 0.1) is 7.11 Å². The van der Waals surface area contributed by atoms with Gasteiger partial charge in [-0.1, -0.05) is 31.5 Å². The van der Waals surface area contributed by atoms with Crippen molar-refractivity contribution in [1.29, 1.82) is 0 Å². The van der Waals surface area contributed by atoms with Crippen molar-refractivity contribution >= 4 is 11.6 Å². The maximum Gasteiger partial charge on any atom is 0.124 e. The minimum absolute atomic E-state index is 0.427. The Hall–Kier alpha value is -0.770. The lowest BCUT2D eigenvalue weighted by atomic mass is 10.0. The lowest BCUT2D eigenvalue weighted by molar-refractivity contribution is 0.287. The molecule has 0 heterocycles. The van der Waals surface area contributed by atoms with Crippen molar-refractivity contribution in [2.75, 3.05) is 27.7 Å². The summed E-state index contributed by atoms with van der Waals surface area (Å²) in [7, 11) is 5.86. The van der Waals surface area contributed by atoms with Crippen molar-refractivity contribution in [2.24, 2.45) is 5.92 Å². The molecule has 0 aliphatic heterocycles. The van der Waals surface area contributed by atoms with Crippen molar-refractivity contribution in [3.63, 3.8) is 0 Å². The molecule has 4 heteroatoms. The molecule has 1 atom stereocenters. The van der Waals surface area contributed by atoms with Crippen LogP contribution in [0.3, 0.4) is 0 Å². The minimum atomic E-state index is 0.427. The Balaban J connectivity index is 2.74. The molecule has 19 heavy (non-hydrogen) atoms. The average molecular weight is 285 g/mol. The van der Waals surface area contributed by atoms with E-state index in [9.17, 15) is 0 Å². The smallest absolute Gasteiger partial charge is 0.124 e. The zero-order valence-electron chi connectivity index (χ0n) is 12.5. The third-order valence-corrected chi connectivity index (χ3v) is 3.56. The molecule has 0 aliphatic rings. The second-order valence-electron chi connectivity index (χ2n) is 5.41. The van der Waals surface area contributed by atoms with Gasteiger partial charge in [-0.3, -0.25) is 0 Å². The summed E-state index contributed by atoms with van der Waals surface area (Å²) in [6, 6.07) is 6.18. The monoisotopic (exact) mass is 284 g/mol. The van der Waals surface area contributed by atoms with Crippen molar-refractivity contribution in [3.8, 4) is 5.75 Å². The van der Waals surface area contributed by atoms with Crippen molar-refractivity contribution < 1.29 is 4.74 Å². The normalized spacial score (nSPS) is 13.1. The second kappa shape index (κ2) is 7.73. The van der Waals surface area contributed by atoms with Gasteiger partial charge in [-0.15, -0.1) is 0 Å². The zero-order valence-corrected chi connectivity index (χ0v) is 13.3. The molecule has 108 valence electrons. The summed E-state index contributed by atoms with van der Waals surface area (Å²) in [5, 5.41) is 4.33. The van der Waals surface area contributed by atoms with Crippen LogP contribution in [0.25, 0.3) is 0 Å². The van der Waals surface area contributed by atoms with Crippen molar-refractivity contribution in [3.05, 3.63) is 28.8 Å². The summed E-state index contributed by atoms with van der Waals surface area (Å²) in [4.78, 5) is 2.20. The Kier molecular flexibility index (Phi) is 6.63. The Morgan fingerprint density at radius 1 is 1.32 bits per heavy atom. The molecule has 0 amide bonds. The molecule has 0 saturated carbocycles. The average Bonchev–Trinajstić information content (AvgIpc) is 2.34. The summed E-state index contributed by atoms with van der Waals surface area (Å²) >= 11 is 6.25. The molecule has 0 bridgehead atoms. The molecular formula is C15H25ClN2O. The number of hydrogen-bond acceptors (Lipinski definition) is 3. The topological polar surface area (TPSA) is 24.5 Å². The Morgan fingerprint density at radius 2 is 2.00 bits per heavy atom. The highest BCUT2D eigenvalue weighted by Gasteiger charge is 2.15. The third-order valence-electron chi connectivity index (χ3n) is 3.20. The minimum Gasteiger partial charge on any atom is -0.496 e. The molecule has 1 N–H and O–H groups in total. The first-order valence-electron chi connectivity index (χ1n) is 6.65. The van der Waals surface area contributed by atoms with Crippen molar-refractivity contribution in [1.82, 2.24) is 10.2 Å². The number of nitrogens with one attached hydrogen (secondary N) is 1. The summed E-state index contributed by atoms with van der Waals surface area (Å²) in [6.07, 6.45) is 0. The van der Waals surface area contributed by atoms with E-state index in [2.05, 4.69) is 38.2 Å². The fourth-order valence-electron chi connectivity index (χ4n) is 2.04. The molecule has 3 nitrogen and oxygen atoms in total. The van der Waals surface area contributed by atoms with Crippen LogP contribution in [-0.2, 0) is 6.54 Å². The van der Waals surface area contributed by atoms with Gasteiger partial charge in [0.25, 0.3) is 0 Å². The van der Waals surface area contributed by atoms with Crippen LogP contribution in [0.4, 0.5) is 0 Å². The summed E-state index contributed by atoms with van der Waals surface area (Å²) in [6.45, 7) is 6.18. The van der Waals surface area contributed by atoms with E-state index in [0.717, 1.165) is 29.4 Å². The molecular weight excluding hydrogens is 260 g/mol. The Labute approximate surface area is 121 Å². The van der Waals surface area contributed by atoms with E-state index in [1.807, 2.05) is 18.2 Å². The van der Waals surface area contributed by atoms with E-state index in [1.54, 1.807) is 7.11 Å². The molecule has 0 spiro atoms. The summed E-state index contributed by atoms with van der Waals surface area (Å²) < 4.78 is 5.37. The highest BCUT2D eigenvalue weighted by atomic mass is 35.5. The molecule has 0 radical (unpaired) electrons. The summed E-state index contributed by atoms with van der Waals surface area (Å²) in [5.74, 6) is 1.41. The molecule has 1 aromatic rings. The first-order chi connectivity index (χ1) is 8.95. The van der Waals surface area contributed by atoms with Gasteiger partial charge < -0.3 is 15.0 Å². The van der Waals surface area contributed by atoms with Crippen molar-refractivity contribution in [2.45, 2.75) is 26.4 Å². The molecule has 1 unspecified atom stereocenters. The summed E-state index contributed by atoms with van der Waals surface area (Å²) in [5.41, 5.74) is 1.02. The molecule has 1 aromatic carbocycles. The van der Waals surface area contributed by atoms with Crippen LogP contribution in [0.5, 0.6) is 5.75 Å². The van der Waals surface area contributed by atoms with Crippen LogP contribution in [0, 0.1) is 5.92 Å². The van der Waals surface area contributed by atoms with Gasteiger partial charge in [0.2, 0.25) is 0 Å². The molecule has 1 rings (SSSR count). The van der Waals surface area contributed by atoms with Crippen LogP contribution in [0.1, 0.15) is 19.4 Å². The van der Waals surface area contributed by atoms with Crippen LogP contribution in [-0.4, -0.2) is 38.7 Å². The number of likely N-dealkylation sites (N-methyl/N-ethyl adjacent to an activating group) is 1. The highest BCUT2D eigenvalue weighted by molar-refractivity contribution is 6.31. The third kappa shape index (κ3) is 5.01. The molecule has 0 aliphatic carbocycles. The maximum absolute atomic E-state index is 6.25. The lowest BCUT2D eigenvalue weighted by Crippen LogP contribution is -2.41. The van der Waals surface area contributed by atoms with E-state index in [1.165, 1.54) is 0 Å². The number of hydrogen-bond donors (Lipinski definition) is 1. The maximum atomic E-state index is 6.25. The number of halogens is 1. The van der Waals surface area contributed by atoms with E-state index in [-0.39, 0.29) is 0 Å². The van der Waals surface area contributed by atoms with E-state index >= 15 is 0 Å². The van der Waals surface area contributed by atoms with Gasteiger partial charge in [-0.2, -0.15) is 0 Å². The van der Waals surface area contributed by atoms with Gasteiger partial charge in [0, 0.05) is 29.7 Å². The van der Waals surface area contributed by atoms with Crippen LogP contribution < -0.4 is 10.1 Å². The zero-order chi connectivity index (χ0) is 14.4. The quantitative estimate of drug-likeness (QED) is 0.833. The van der Waals surface area contributed by atoms with Gasteiger partial charge in [-0.25, -0.2) is 0 Å². The predicted octanol–water partition coefficient (Wildman–Crippen LogP) is 3.02.